The number of anilines is 2. The standard InChI is InChI=1S/C22H19BrClN5O/c1-13-19(28-22(30)27-18-9-7-17(24)8-10-18)11-20-21(25-13)29(14(2)26-20)12-15-3-5-16(23)6-4-15/h3-11H,12H2,1-2H3,(H2,27,28,30). The van der Waals surface area contributed by atoms with E-state index in [0.29, 0.717) is 28.6 Å². The third-order valence-electron chi connectivity index (χ3n) is 4.71. The van der Waals surface area contributed by atoms with E-state index in [4.69, 9.17) is 16.6 Å². The van der Waals surface area contributed by atoms with Crippen LogP contribution in [0.2, 0.25) is 5.02 Å². The van der Waals surface area contributed by atoms with E-state index >= 15 is 0 Å². The van der Waals surface area contributed by atoms with Crippen LogP contribution in [0.15, 0.2) is 59.1 Å². The number of urea groups is 1. The normalized spacial score (nSPS) is 10.9. The van der Waals surface area contributed by atoms with Crippen molar-refractivity contribution >= 4 is 56.1 Å². The Morgan fingerprint density at radius 2 is 1.73 bits per heavy atom. The van der Waals surface area contributed by atoms with Gasteiger partial charge in [-0.2, -0.15) is 0 Å². The van der Waals surface area contributed by atoms with Gasteiger partial charge in [-0.15, -0.1) is 0 Å². The molecule has 6 nitrogen and oxygen atoms in total. The van der Waals surface area contributed by atoms with E-state index in [9.17, 15) is 4.79 Å². The average Bonchev–Trinajstić information content (AvgIpc) is 3.00. The van der Waals surface area contributed by atoms with Gasteiger partial charge in [0.05, 0.1) is 17.9 Å². The molecule has 2 N–H and O–H groups in total. The van der Waals surface area contributed by atoms with Crippen molar-refractivity contribution in [3.8, 4) is 0 Å². The summed E-state index contributed by atoms with van der Waals surface area (Å²) in [5.41, 5.74) is 4.66. The predicted molar refractivity (Wildman–Crippen MR) is 124 cm³/mol. The first-order valence-corrected chi connectivity index (χ1v) is 10.5. The van der Waals surface area contributed by atoms with E-state index in [0.717, 1.165) is 27.0 Å². The topological polar surface area (TPSA) is 71.8 Å². The highest BCUT2D eigenvalue weighted by Gasteiger charge is 2.14. The maximum atomic E-state index is 12.4. The Kier molecular flexibility index (Phi) is 5.74. The number of rotatable bonds is 4. The first-order chi connectivity index (χ1) is 14.4. The van der Waals surface area contributed by atoms with Gasteiger partial charge in [0.1, 0.15) is 11.3 Å². The smallest absolute Gasteiger partial charge is 0.308 e. The predicted octanol–water partition coefficient (Wildman–Crippen LogP) is 6.16. The van der Waals surface area contributed by atoms with E-state index in [1.165, 1.54) is 0 Å². The van der Waals surface area contributed by atoms with E-state index in [1.54, 1.807) is 24.3 Å². The molecule has 0 aliphatic heterocycles. The summed E-state index contributed by atoms with van der Waals surface area (Å²) < 4.78 is 3.11. The second-order valence-corrected chi connectivity index (χ2v) is 8.27. The molecule has 8 heteroatoms. The van der Waals surface area contributed by atoms with Gasteiger partial charge in [-0.05, 0) is 61.9 Å². The maximum Gasteiger partial charge on any atom is 0.323 e. The molecular weight excluding hydrogens is 466 g/mol. The quantitative estimate of drug-likeness (QED) is 0.364. The third kappa shape index (κ3) is 4.47. The molecule has 0 atom stereocenters. The fraction of sp³-hybridized carbons (Fsp3) is 0.136. The number of fused-ring (bicyclic) bond motifs is 1. The minimum Gasteiger partial charge on any atom is -0.308 e. The molecule has 0 bridgehead atoms. The number of hydrogen-bond donors (Lipinski definition) is 2. The van der Waals surface area contributed by atoms with Gasteiger partial charge in [-0.1, -0.05) is 39.7 Å². The molecule has 30 heavy (non-hydrogen) atoms. The molecule has 2 amide bonds. The highest BCUT2D eigenvalue weighted by Crippen LogP contribution is 2.23. The second kappa shape index (κ2) is 8.45. The molecule has 4 aromatic rings. The number of amides is 2. The van der Waals surface area contributed by atoms with Gasteiger partial charge in [0.15, 0.2) is 5.65 Å². The molecule has 152 valence electrons. The number of pyridine rings is 1. The zero-order valence-electron chi connectivity index (χ0n) is 16.4. The molecular formula is C22H19BrClN5O. The monoisotopic (exact) mass is 483 g/mol. The molecule has 0 spiro atoms. The highest BCUT2D eigenvalue weighted by atomic mass is 79.9. The minimum atomic E-state index is -0.354. The van der Waals surface area contributed by atoms with Crippen LogP contribution in [0.3, 0.4) is 0 Å². The number of benzene rings is 2. The number of carbonyl (C=O) groups excluding carboxylic acids is 1. The molecule has 0 unspecified atom stereocenters. The van der Waals surface area contributed by atoms with Crippen LogP contribution in [0, 0.1) is 13.8 Å². The minimum absolute atomic E-state index is 0.354. The molecule has 0 aliphatic rings. The van der Waals surface area contributed by atoms with Crippen LogP contribution < -0.4 is 10.6 Å². The molecule has 0 aliphatic carbocycles. The summed E-state index contributed by atoms with van der Waals surface area (Å²) in [6, 6.07) is 16.6. The van der Waals surface area contributed by atoms with Crippen molar-refractivity contribution < 1.29 is 4.79 Å². The van der Waals surface area contributed by atoms with Crippen LogP contribution in [-0.4, -0.2) is 20.6 Å². The molecule has 0 saturated carbocycles. The van der Waals surface area contributed by atoms with Crippen LogP contribution >= 0.6 is 27.5 Å². The number of aromatic nitrogens is 3. The van der Waals surface area contributed by atoms with Crippen molar-refractivity contribution in [1.29, 1.82) is 0 Å². The maximum absolute atomic E-state index is 12.4. The zero-order chi connectivity index (χ0) is 21.3. The van der Waals surface area contributed by atoms with E-state index in [1.807, 2.05) is 32.0 Å². The number of imidazole rings is 1. The average molecular weight is 485 g/mol. The van der Waals surface area contributed by atoms with Gasteiger partial charge in [0, 0.05) is 15.2 Å². The van der Waals surface area contributed by atoms with Crippen molar-refractivity contribution in [1.82, 2.24) is 14.5 Å². The number of aryl methyl sites for hydroxylation is 2. The number of carbonyl (C=O) groups is 1. The zero-order valence-corrected chi connectivity index (χ0v) is 18.8. The first kappa shape index (κ1) is 20.4. The summed E-state index contributed by atoms with van der Waals surface area (Å²) in [5.74, 6) is 0.864. The Morgan fingerprint density at radius 3 is 2.43 bits per heavy atom. The molecule has 0 radical (unpaired) electrons. The van der Waals surface area contributed by atoms with Crippen LogP contribution in [0.1, 0.15) is 17.1 Å². The van der Waals surface area contributed by atoms with Gasteiger partial charge in [0.25, 0.3) is 0 Å². The van der Waals surface area contributed by atoms with Crippen molar-refractivity contribution in [2.75, 3.05) is 10.6 Å². The number of nitrogens with one attached hydrogen (secondary N) is 2. The van der Waals surface area contributed by atoms with Crippen LogP contribution in [0.4, 0.5) is 16.2 Å². The molecule has 0 fully saturated rings. The molecule has 2 heterocycles. The van der Waals surface area contributed by atoms with Gasteiger partial charge in [0.2, 0.25) is 0 Å². The van der Waals surface area contributed by atoms with Crippen LogP contribution in [-0.2, 0) is 6.54 Å². The number of nitrogens with zero attached hydrogens (tertiary/aromatic N) is 3. The van der Waals surface area contributed by atoms with Crippen LogP contribution in [0.5, 0.6) is 0 Å². The molecule has 4 rings (SSSR count). The van der Waals surface area contributed by atoms with E-state index in [2.05, 4.69) is 48.2 Å². The summed E-state index contributed by atoms with van der Waals surface area (Å²) in [6.07, 6.45) is 0. The van der Waals surface area contributed by atoms with Gasteiger partial charge < -0.3 is 15.2 Å². The number of halogens is 2. The van der Waals surface area contributed by atoms with E-state index < -0.39 is 0 Å². The second-order valence-electron chi connectivity index (χ2n) is 6.92. The van der Waals surface area contributed by atoms with Crippen LogP contribution in [0.25, 0.3) is 11.2 Å². The Hall–Kier alpha value is -2.90. The number of hydrogen-bond acceptors (Lipinski definition) is 3. The fourth-order valence-electron chi connectivity index (χ4n) is 3.16. The molecule has 2 aromatic heterocycles. The summed E-state index contributed by atoms with van der Waals surface area (Å²) in [7, 11) is 0. The van der Waals surface area contributed by atoms with Crippen molar-refractivity contribution in [3.05, 3.63) is 81.2 Å². The Labute approximate surface area is 187 Å². The lowest BCUT2D eigenvalue weighted by atomic mass is 10.2. The summed E-state index contributed by atoms with van der Waals surface area (Å²) >= 11 is 9.34. The first-order valence-electron chi connectivity index (χ1n) is 9.31. The largest absolute Gasteiger partial charge is 0.323 e. The summed E-state index contributed by atoms with van der Waals surface area (Å²) in [4.78, 5) is 21.7. The lowest BCUT2D eigenvalue weighted by molar-refractivity contribution is 0.262. The summed E-state index contributed by atoms with van der Waals surface area (Å²) in [6.45, 7) is 4.49. The Balaban J connectivity index is 1.57. The molecule has 2 aromatic carbocycles. The Morgan fingerprint density at radius 1 is 1.03 bits per heavy atom. The highest BCUT2D eigenvalue weighted by molar-refractivity contribution is 9.10. The lowest BCUT2D eigenvalue weighted by Crippen LogP contribution is -2.20. The van der Waals surface area contributed by atoms with Gasteiger partial charge in [-0.25, -0.2) is 14.8 Å². The lowest BCUT2D eigenvalue weighted by Gasteiger charge is -2.11. The van der Waals surface area contributed by atoms with E-state index in [-0.39, 0.29) is 6.03 Å². The van der Waals surface area contributed by atoms with Crippen molar-refractivity contribution in [2.24, 2.45) is 0 Å². The SMILES string of the molecule is Cc1nc2c(cc1NC(=O)Nc1ccc(Cl)cc1)nc(C)n2Cc1ccc(Br)cc1. The third-order valence-corrected chi connectivity index (χ3v) is 5.49. The fourth-order valence-corrected chi connectivity index (χ4v) is 3.55. The van der Waals surface area contributed by atoms with Crippen molar-refractivity contribution in [2.45, 2.75) is 20.4 Å². The Bertz CT molecular complexity index is 1220. The van der Waals surface area contributed by atoms with Gasteiger partial charge >= 0.3 is 6.03 Å². The summed E-state index contributed by atoms with van der Waals surface area (Å²) in [5, 5.41) is 6.24. The van der Waals surface area contributed by atoms with Gasteiger partial charge in [-0.3, -0.25) is 0 Å². The van der Waals surface area contributed by atoms with Crippen molar-refractivity contribution in [3.63, 3.8) is 0 Å². The molecule has 0 saturated heterocycles.